The minimum Gasteiger partial charge on any atom is -0.309 e. The molecule has 0 N–H and O–H groups in total. The molecular formula is C82H48N4. The van der Waals surface area contributed by atoms with E-state index in [1.54, 1.807) is 0 Å². The molecule has 0 saturated carbocycles. The van der Waals surface area contributed by atoms with Crippen molar-refractivity contribution in [3.8, 4) is 55.9 Å². The summed E-state index contributed by atoms with van der Waals surface area (Å²) in [5.74, 6) is 0. The van der Waals surface area contributed by atoms with Crippen LogP contribution in [0.4, 0.5) is 0 Å². The summed E-state index contributed by atoms with van der Waals surface area (Å²) in [5.41, 5.74) is 24.3. The summed E-state index contributed by atoms with van der Waals surface area (Å²) >= 11 is 0. The van der Waals surface area contributed by atoms with Gasteiger partial charge in [0, 0.05) is 76.0 Å². The lowest BCUT2D eigenvalue weighted by Gasteiger charge is -2.11. The van der Waals surface area contributed by atoms with Crippen molar-refractivity contribution in [1.82, 2.24) is 17.9 Å². The number of rotatable bonds is 6. The fourth-order valence-electron chi connectivity index (χ4n) is 15.4. The van der Waals surface area contributed by atoms with E-state index in [2.05, 4.69) is 309 Å². The zero-order valence-corrected chi connectivity index (χ0v) is 46.5. The SMILES string of the molecule is c1ccc(-c2cccc(-n3c4ccccc4c4cc(-c5cc6c7ccccc7n7c8ccc(-c9ccc%10c%11cc(-c%12ccc%13c(c%12)c%12ccccc%12n%13-c%12ccc%13ccccc%13c%12)ccc%11n%11c%12ccccc%12c9c%10%11)cc8c(c5)c67)ccc43)c2)cc1. The first kappa shape index (κ1) is 46.1. The van der Waals surface area contributed by atoms with Gasteiger partial charge < -0.3 is 17.9 Å². The first-order valence-electron chi connectivity index (χ1n) is 29.8. The average molecular weight is 1090 g/mol. The van der Waals surface area contributed by atoms with Gasteiger partial charge >= 0.3 is 0 Å². The highest BCUT2D eigenvalue weighted by molar-refractivity contribution is 6.29. The molecule has 86 heavy (non-hydrogen) atoms. The molecule has 0 amide bonds. The number of benzene rings is 14. The van der Waals surface area contributed by atoms with Gasteiger partial charge in [-0.1, -0.05) is 182 Å². The second-order valence-corrected chi connectivity index (χ2v) is 23.6. The Morgan fingerprint density at radius 2 is 0.616 bits per heavy atom. The Bertz CT molecular complexity index is 6260. The topological polar surface area (TPSA) is 18.7 Å². The molecule has 20 rings (SSSR count). The molecule has 6 aromatic heterocycles. The third-order valence-corrected chi connectivity index (χ3v) is 19.2. The monoisotopic (exact) mass is 1090 g/mol. The molecule has 0 aliphatic heterocycles. The summed E-state index contributed by atoms with van der Waals surface area (Å²) in [4.78, 5) is 0. The third-order valence-electron chi connectivity index (χ3n) is 19.2. The van der Waals surface area contributed by atoms with Gasteiger partial charge in [0.1, 0.15) is 0 Å². The lowest BCUT2D eigenvalue weighted by atomic mass is 9.94. The Labute approximate surface area is 492 Å². The highest BCUT2D eigenvalue weighted by Crippen LogP contribution is 2.48. The Hall–Kier alpha value is -11.5. The highest BCUT2D eigenvalue weighted by Gasteiger charge is 2.25. The van der Waals surface area contributed by atoms with E-state index in [1.807, 2.05) is 0 Å². The van der Waals surface area contributed by atoms with Crippen molar-refractivity contribution in [2.45, 2.75) is 0 Å². The largest absolute Gasteiger partial charge is 0.309 e. The van der Waals surface area contributed by atoms with Gasteiger partial charge in [-0.3, -0.25) is 0 Å². The number of fused-ring (bicyclic) bond motifs is 19. The van der Waals surface area contributed by atoms with Gasteiger partial charge in [-0.15, -0.1) is 0 Å². The summed E-state index contributed by atoms with van der Waals surface area (Å²) in [6.45, 7) is 0. The van der Waals surface area contributed by atoms with Gasteiger partial charge in [0.15, 0.2) is 0 Å². The van der Waals surface area contributed by atoms with E-state index >= 15 is 0 Å². The van der Waals surface area contributed by atoms with Crippen LogP contribution in [0.1, 0.15) is 0 Å². The smallest absolute Gasteiger partial charge is 0.0626 e. The van der Waals surface area contributed by atoms with Gasteiger partial charge in [0.25, 0.3) is 0 Å². The molecule has 0 unspecified atom stereocenters. The summed E-state index contributed by atoms with van der Waals surface area (Å²) in [6.07, 6.45) is 0. The maximum absolute atomic E-state index is 2.53. The molecule has 0 aliphatic rings. The van der Waals surface area contributed by atoms with Crippen LogP contribution in [-0.2, 0) is 0 Å². The zero-order chi connectivity index (χ0) is 55.9. The average Bonchev–Trinajstić information content (AvgIpc) is 2.36. The van der Waals surface area contributed by atoms with E-state index < -0.39 is 0 Å². The molecule has 0 fully saturated rings. The molecule has 0 spiro atoms. The lowest BCUT2D eigenvalue weighted by molar-refractivity contribution is 1.18. The summed E-state index contributed by atoms with van der Waals surface area (Å²) in [6, 6.07) is 109. The van der Waals surface area contributed by atoms with Gasteiger partial charge in [-0.2, -0.15) is 0 Å². The summed E-state index contributed by atoms with van der Waals surface area (Å²) in [7, 11) is 0. The number of hydrogen-bond acceptors (Lipinski definition) is 0. The molecule has 0 radical (unpaired) electrons. The summed E-state index contributed by atoms with van der Waals surface area (Å²) in [5, 5.41) is 17.6. The second-order valence-electron chi connectivity index (χ2n) is 23.6. The van der Waals surface area contributed by atoms with Crippen LogP contribution in [0.15, 0.2) is 291 Å². The maximum atomic E-state index is 2.53. The quantitative estimate of drug-likeness (QED) is 0.158. The molecule has 0 aliphatic carbocycles. The Morgan fingerprint density at radius 3 is 1.30 bits per heavy atom. The lowest BCUT2D eigenvalue weighted by Crippen LogP contribution is -1.94. The number of aromatic nitrogens is 4. The van der Waals surface area contributed by atoms with Crippen molar-refractivity contribution in [1.29, 1.82) is 0 Å². The van der Waals surface area contributed by atoms with E-state index in [0.29, 0.717) is 0 Å². The van der Waals surface area contributed by atoms with Gasteiger partial charge in [-0.25, -0.2) is 0 Å². The Morgan fingerprint density at radius 1 is 0.186 bits per heavy atom. The second kappa shape index (κ2) is 17.1. The Balaban J connectivity index is 0.743. The number of nitrogens with zero attached hydrogens (tertiary/aromatic N) is 4. The standard InChI is InChI=1S/C82H48N4/c1-2-15-49(16-3-1)52-19-14-20-58(41-52)83-72-25-10-6-22-62(72)67-45-55(32-38-76(67)83)57-47-70-63-23-8-12-27-74(63)85-79-40-33-56(46-69(79)71(48-57)81(70)85)60-35-36-64-68-44-54(31-39-78(68)86-75-28-13-9-24-65(75)80(60)82(64)86)53-30-37-77-66(43-53)61-21-7-11-26-73(61)84(77)59-34-29-50-17-4-5-18-51(50)42-59/h1-48H. The Kier molecular flexibility index (Phi) is 9.15. The van der Waals surface area contributed by atoms with Crippen LogP contribution in [0.3, 0.4) is 0 Å². The molecule has 396 valence electrons. The van der Waals surface area contributed by atoms with Gasteiger partial charge in [0.2, 0.25) is 0 Å². The molecule has 6 heterocycles. The van der Waals surface area contributed by atoms with Crippen molar-refractivity contribution in [3.63, 3.8) is 0 Å². The fraction of sp³-hybridized carbons (Fsp3) is 0. The first-order chi connectivity index (χ1) is 42.6. The van der Waals surface area contributed by atoms with Crippen LogP contribution in [0.5, 0.6) is 0 Å². The minimum atomic E-state index is 1.15. The van der Waals surface area contributed by atoms with Crippen LogP contribution in [0.2, 0.25) is 0 Å². The molecule has 0 atom stereocenters. The van der Waals surface area contributed by atoms with E-state index in [0.717, 1.165) is 5.69 Å². The van der Waals surface area contributed by atoms with Crippen LogP contribution >= 0.6 is 0 Å². The molecule has 0 saturated heterocycles. The number of hydrogen-bond donors (Lipinski definition) is 0. The van der Waals surface area contributed by atoms with E-state index in [-0.39, 0.29) is 0 Å². The highest BCUT2D eigenvalue weighted by atomic mass is 15.0. The van der Waals surface area contributed by atoms with Gasteiger partial charge in [-0.05, 0) is 164 Å². The van der Waals surface area contributed by atoms with Crippen molar-refractivity contribution in [3.05, 3.63) is 291 Å². The molecule has 14 aromatic carbocycles. The predicted octanol–water partition coefficient (Wildman–Crippen LogP) is 22.0. The first-order valence-corrected chi connectivity index (χ1v) is 29.8. The predicted molar refractivity (Wildman–Crippen MR) is 364 cm³/mol. The van der Waals surface area contributed by atoms with Crippen LogP contribution in [0, 0.1) is 0 Å². The minimum absolute atomic E-state index is 1.15. The van der Waals surface area contributed by atoms with E-state index in [9.17, 15) is 0 Å². The van der Waals surface area contributed by atoms with Crippen LogP contribution in [-0.4, -0.2) is 17.9 Å². The maximum Gasteiger partial charge on any atom is 0.0626 e. The molecule has 4 nitrogen and oxygen atoms in total. The summed E-state index contributed by atoms with van der Waals surface area (Å²) < 4.78 is 9.89. The normalized spacial score (nSPS) is 12.4. The van der Waals surface area contributed by atoms with Gasteiger partial charge in [0.05, 0.1) is 55.2 Å². The van der Waals surface area contributed by atoms with Crippen LogP contribution < -0.4 is 0 Å². The fourth-order valence-corrected chi connectivity index (χ4v) is 15.4. The number of para-hydroxylation sites is 4. The van der Waals surface area contributed by atoms with Crippen molar-refractivity contribution in [2.75, 3.05) is 0 Å². The third kappa shape index (κ3) is 6.26. The zero-order valence-electron chi connectivity index (χ0n) is 46.5. The molecule has 4 heteroatoms. The van der Waals surface area contributed by atoms with Crippen molar-refractivity contribution >= 4 is 131 Å². The van der Waals surface area contributed by atoms with Crippen LogP contribution in [0.25, 0.3) is 186 Å². The molecule has 0 bridgehead atoms. The van der Waals surface area contributed by atoms with E-state index in [4.69, 9.17) is 0 Å². The van der Waals surface area contributed by atoms with Crippen molar-refractivity contribution in [2.24, 2.45) is 0 Å². The molecule has 20 aromatic rings. The van der Waals surface area contributed by atoms with Crippen molar-refractivity contribution < 1.29 is 0 Å². The van der Waals surface area contributed by atoms with E-state index in [1.165, 1.54) is 181 Å². The molecular weight excluding hydrogens is 1040 g/mol.